The van der Waals surface area contributed by atoms with E-state index in [0.717, 1.165) is 35.8 Å². The highest BCUT2D eigenvalue weighted by atomic mass is 32.2. The molecule has 1 aromatic carbocycles. The second-order valence-corrected chi connectivity index (χ2v) is 8.54. The molecule has 1 N–H and O–H groups in total. The van der Waals surface area contributed by atoms with Crippen molar-refractivity contribution in [3.63, 3.8) is 0 Å². The van der Waals surface area contributed by atoms with E-state index in [1.54, 1.807) is 0 Å². The summed E-state index contributed by atoms with van der Waals surface area (Å²) in [7, 11) is -3.45. The minimum atomic E-state index is -3.45. The maximum absolute atomic E-state index is 12.5. The Balaban J connectivity index is 1.77. The Morgan fingerprint density at radius 3 is 2.73 bits per heavy atom. The predicted octanol–water partition coefficient (Wildman–Crippen LogP) is 2.11. The number of hydrogen-bond donors (Lipinski definition) is 1. The smallest absolute Gasteiger partial charge is 0.322 e. The van der Waals surface area contributed by atoms with E-state index < -0.39 is 22.0 Å². The van der Waals surface area contributed by atoms with Gasteiger partial charge in [0.25, 0.3) is 0 Å². The van der Waals surface area contributed by atoms with E-state index in [9.17, 15) is 13.2 Å². The first-order chi connectivity index (χ1) is 12.3. The number of carbonyl (C=O) groups is 1. The number of hydrogen-bond acceptors (Lipinski definition) is 6. The lowest BCUT2D eigenvalue weighted by Gasteiger charge is -2.32. The molecule has 26 heavy (non-hydrogen) atoms. The number of sulfonamides is 1. The van der Waals surface area contributed by atoms with Crippen LogP contribution in [-0.4, -0.2) is 47.7 Å². The molecule has 0 saturated carbocycles. The van der Waals surface area contributed by atoms with Crippen LogP contribution >= 0.6 is 0 Å². The third kappa shape index (κ3) is 3.94. The molecule has 3 rings (SSSR count). The molecule has 0 bridgehead atoms. The van der Waals surface area contributed by atoms with E-state index >= 15 is 0 Å². The van der Waals surface area contributed by atoms with Crippen molar-refractivity contribution < 1.29 is 17.6 Å². The van der Waals surface area contributed by atoms with Gasteiger partial charge in [0.1, 0.15) is 6.04 Å². The van der Waals surface area contributed by atoms with Gasteiger partial charge in [-0.25, -0.2) is 8.42 Å². The zero-order valence-corrected chi connectivity index (χ0v) is 15.8. The molecule has 2 aromatic rings. The molecule has 1 aliphatic rings. The van der Waals surface area contributed by atoms with Crippen LogP contribution in [-0.2, 0) is 14.8 Å². The summed E-state index contributed by atoms with van der Waals surface area (Å²) >= 11 is 0. The predicted molar refractivity (Wildman–Crippen MR) is 97.0 cm³/mol. The lowest BCUT2D eigenvalue weighted by Crippen LogP contribution is -2.49. The number of carbonyl (C=O) groups excluding carboxylic acids is 1. The second kappa shape index (κ2) is 7.16. The van der Waals surface area contributed by atoms with Gasteiger partial charge in [-0.3, -0.25) is 10.1 Å². The van der Waals surface area contributed by atoms with Crippen molar-refractivity contribution in [3.05, 3.63) is 29.3 Å². The first-order valence-corrected chi connectivity index (χ1v) is 10.3. The maximum atomic E-state index is 12.5. The van der Waals surface area contributed by atoms with Crippen LogP contribution in [0.4, 0.5) is 6.01 Å². The number of piperidine rings is 1. The van der Waals surface area contributed by atoms with Crippen molar-refractivity contribution in [1.82, 2.24) is 14.5 Å². The Morgan fingerprint density at radius 1 is 1.27 bits per heavy atom. The quantitative estimate of drug-likeness (QED) is 0.873. The van der Waals surface area contributed by atoms with Crippen LogP contribution in [0, 0.1) is 13.8 Å². The van der Waals surface area contributed by atoms with Crippen molar-refractivity contribution in [2.24, 2.45) is 0 Å². The SMILES string of the molecule is Cc1ccc(-c2nnc(NC(=O)C3CCCCN3S(C)(=O)=O)o2)c(C)c1. The monoisotopic (exact) mass is 378 g/mol. The van der Waals surface area contributed by atoms with E-state index in [4.69, 9.17) is 4.42 Å². The van der Waals surface area contributed by atoms with Gasteiger partial charge in [0, 0.05) is 12.1 Å². The van der Waals surface area contributed by atoms with Crippen LogP contribution in [0.5, 0.6) is 0 Å². The van der Waals surface area contributed by atoms with E-state index in [-0.39, 0.29) is 6.01 Å². The number of aromatic nitrogens is 2. The number of aryl methyl sites for hydroxylation is 2. The van der Waals surface area contributed by atoms with Crippen molar-refractivity contribution >= 4 is 21.9 Å². The summed E-state index contributed by atoms with van der Waals surface area (Å²) in [4.78, 5) is 12.5. The molecule has 1 atom stereocenters. The molecule has 8 nitrogen and oxygen atoms in total. The number of benzene rings is 1. The number of nitrogens with one attached hydrogen (secondary N) is 1. The summed E-state index contributed by atoms with van der Waals surface area (Å²) in [5.74, 6) is -0.146. The first-order valence-electron chi connectivity index (χ1n) is 8.44. The molecule has 1 saturated heterocycles. The summed E-state index contributed by atoms with van der Waals surface area (Å²) in [6, 6.07) is 5.04. The molecule has 140 valence electrons. The Labute approximate surface area is 152 Å². The van der Waals surface area contributed by atoms with Crippen molar-refractivity contribution in [2.45, 2.75) is 39.2 Å². The maximum Gasteiger partial charge on any atom is 0.322 e. The summed E-state index contributed by atoms with van der Waals surface area (Å²) in [6.45, 7) is 4.28. The number of amides is 1. The van der Waals surface area contributed by atoms with Gasteiger partial charge >= 0.3 is 6.01 Å². The van der Waals surface area contributed by atoms with Gasteiger partial charge in [-0.05, 0) is 38.3 Å². The van der Waals surface area contributed by atoms with E-state index in [2.05, 4.69) is 15.5 Å². The molecule has 0 aliphatic carbocycles. The highest BCUT2D eigenvalue weighted by Crippen LogP contribution is 2.25. The van der Waals surface area contributed by atoms with Crippen molar-refractivity contribution in [1.29, 1.82) is 0 Å². The highest BCUT2D eigenvalue weighted by Gasteiger charge is 2.35. The van der Waals surface area contributed by atoms with Gasteiger partial charge in [-0.15, -0.1) is 5.10 Å². The fourth-order valence-corrected chi connectivity index (χ4v) is 4.31. The van der Waals surface area contributed by atoms with Crippen LogP contribution in [0.2, 0.25) is 0 Å². The molecule has 1 unspecified atom stereocenters. The summed E-state index contributed by atoms with van der Waals surface area (Å²) in [5.41, 5.74) is 2.90. The fourth-order valence-electron chi connectivity index (χ4n) is 3.19. The molecule has 1 fully saturated rings. The van der Waals surface area contributed by atoms with Crippen LogP contribution < -0.4 is 5.32 Å². The first kappa shape index (κ1) is 18.5. The molecule has 2 heterocycles. The van der Waals surface area contributed by atoms with Crippen molar-refractivity contribution in [3.8, 4) is 11.5 Å². The van der Waals surface area contributed by atoms with E-state index in [1.165, 1.54) is 4.31 Å². The normalized spacial score (nSPS) is 18.7. The molecule has 9 heteroatoms. The zero-order valence-electron chi connectivity index (χ0n) is 15.0. The minimum absolute atomic E-state index is 0.0380. The van der Waals surface area contributed by atoms with Gasteiger partial charge in [0.2, 0.25) is 21.8 Å². The molecule has 1 aromatic heterocycles. The lowest BCUT2D eigenvalue weighted by molar-refractivity contribution is -0.120. The Hall–Kier alpha value is -2.26. The van der Waals surface area contributed by atoms with Crippen LogP contribution in [0.15, 0.2) is 22.6 Å². The number of nitrogens with zero attached hydrogens (tertiary/aromatic N) is 3. The standard InChI is InChI=1S/C17H22N4O4S/c1-11-7-8-13(12(2)10-11)16-19-20-17(25-16)18-15(22)14-6-4-5-9-21(14)26(3,23)24/h7-8,10,14H,4-6,9H2,1-3H3,(H,18,20,22). The van der Waals surface area contributed by atoms with Crippen molar-refractivity contribution in [2.75, 3.05) is 18.1 Å². The lowest BCUT2D eigenvalue weighted by atomic mass is 10.0. The van der Waals surface area contributed by atoms with Gasteiger partial charge < -0.3 is 4.42 Å². The van der Waals surface area contributed by atoms with Crippen LogP contribution in [0.25, 0.3) is 11.5 Å². The summed E-state index contributed by atoms with van der Waals surface area (Å²) < 4.78 is 30.6. The third-order valence-electron chi connectivity index (χ3n) is 4.45. The Morgan fingerprint density at radius 2 is 2.04 bits per heavy atom. The van der Waals surface area contributed by atoms with E-state index in [0.29, 0.717) is 18.9 Å². The fraction of sp³-hybridized carbons (Fsp3) is 0.471. The zero-order chi connectivity index (χ0) is 18.9. The molecule has 1 amide bonds. The Bertz CT molecular complexity index is 923. The molecule has 1 aliphatic heterocycles. The Kier molecular flexibility index (Phi) is 5.10. The average molecular weight is 378 g/mol. The highest BCUT2D eigenvalue weighted by molar-refractivity contribution is 7.88. The molecule has 0 radical (unpaired) electrons. The largest absolute Gasteiger partial charge is 0.403 e. The molecular formula is C17H22N4O4S. The van der Waals surface area contributed by atoms with Gasteiger partial charge in [0.15, 0.2) is 0 Å². The van der Waals surface area contributed by atoms with E-state index in [1.807, 2.05) is 32.0 Å². The third-order valence-corrected chi connectivity index (χ3v) is 5.74. The number of rotatable bonds is 4. The molecule has 0 spiro atoms. The topological polar surface area (TPSA) is 105 Å². The summed E-state index contributed by atoms with van der Waals surface area (Å²) in [5, 5.41) is 10.4. The minimum Gasteiger partial charge on any atom is -0.403 e. The van der Waals surface area contributed by atoms with Gasteiger partial charge in [-0.1, -0.05) is 29.2 Å². The molecular weight excluding hydrogens is 356 g/mol. The van der Waals surface area contributed by atoms with Gasteiger partial charge in [0.05, 0.1) is 6.26 Å². The average Bonchev–Trinajstić information content (AvgIpc) is 3.02. The van der Waals surface area contributed by atoms with Gasteiger partial charge in [-0.2, -0.15) is 4.31 Å². The summed E-state index contributed by atoms with van der Waals surface area (Å²) in [6.07, 6.45) is 3.12. The van der Waals surface area contributed by atoms with Crippen LogP contribution in [0.3, 0.4) is 0 Å². The second-order valence-electron chi connectivity index (χ2n) is 6.61. The van der Waals surface area contributed by atoms with Crippen LogP contribution in [0.1, 0.15) is 30.4 Å². The number of anilines is 1.